The van der Waals surface area contributed by atoms with Crippen LogP contribution in [0.15, 0.2) is 43.0 Å². The van der Waals surface area contributed by atoms with Crippen molar-refractivity contribution in [2.24, 2.45) is 0 Å². The third kappa shape index (κ3) is 4.30. The van der Waals surface area contributed by atoms with Crippen molar-refractivity contribution in [3.8, 4) is 11.6 Å². The number of aromatic nitrogens is 5. The minimum atomic E-state index is -0.471. The van der Waals surface area contributed by atoms with Gasteiger partial charge in [0.25, 0.3) is 5.91 Å². The number of benzene rings is 1. The van der Waals surface area contributed by atoms with E-state index in [0.717, 1.165) is 5.69 Å². The zero-order valence-corrected chi connectivity index (χ0v) is 15.9. The Labute approximate surface area is 162 Å². The van der Waals surface area contributed by atoms with E-state index in [1.54, 1.807) is 17.3 Å². The first-order valence-corrected chi connectivity index (χ1v) is 8.88. The number of rotatable bonds is 7. The molecular weight excluding hydrogens is 363 g/mol. The molecule has 2 aromatic heterocycles. The zero-order valence-electron chi connectivity index (χ0n) is 15.9. The van der Waals surface area contributed by atoms with Gasteiger partial charge in [0, 0.05) is 12.6 Å². The highest BCUT2D eigenvalue weighted by atomic mass is 19.1. The number of hydrogen-bond donors (Lipinski definition) is 0. The molecule has 0 saturated carbocycles. The number of amides is 1. The molecule has 1 aromatic carbocycles. The first kappa shape index (κ1) is 19.4. The average Bonchev–Trinajstić information content (AvgIpc) is 3.22. The summed E-state index contributed by atoms with van der Waals surface area (Å²) in [6.07, 6.45) is 6.10. The Morgan fingerprint density at radius 3 is 2.64 bits per heavy atom. The van der Waals surface area contributed by atoms with Gasteiger partial charge in [0.15, 0.2) is 0 Å². The van der Waals surface area contributed by atoms with Gasteiger partial charge >= 0.3 is 0 Å². The minimum Gasteiger partial charge on any atom is -0.474 e. The highest BCUT2D eigenvalue weighted by molar-refractivity contribution is 5.97. The lowest BCUT2D eigenvalue weighted by Gasteiger charge is -2.28. The van der Waals surface area contributed by atoms with Crippen LogP contribution in [0.25, 0.3) is 5.69 Å². The minimum absolute atomic E-state index is 0.244. The summed E-state index contributed by atoms with van der Waals surface area (Å²) in [5.41, 5.74) is 1.38. The van der Waals surface area contributed by atoms with Crippen molar-refractivity contribution in [1.82, 2.24) is 29.9 Å². The number of aryl methyl sites for hydroxylation is 1. The fourth-order valence-electron chi connectivity index (χ4n) is 2.75. The molecule has 0 aliphatic heterocycles. The van der Waals surface area contributed by atoms with Crippen LogP contribution >= 0.6 is 0 Å². The molecule has 0 aliphatic rings. The van der Waals surface area contributed by atoms with E-state index in [9.17, 15) is 9.18 Å². The van der Waals surface area contributed by atoms with Gasteiger partial charge < -0.3 is 9.64 Å². The molecule has 9 heteroatoms. The first-order chi connectivity index (χ1) is 13.5. The molecule has 0 N–H and O–H groups in total. The standard InChI is InChI=1S/C19H21FN6O2/c1-4-25(14(3)12-28-18-11-21-13(2)10-22-18)19(27)16-6-5-15(20)9-17(16)26-23-7-8-24-26/h5-11,14H,4,12H2,1-3H3/t14-/m0/s1. The van der Waals surface area contributed by atoms with E-state index < -0.39 is 5.82 Å². The molecule has 0 bridgehead atoms. The van der Waals surface area contributed by atoms with Crippen molar-refractivity contribution in [3.05, 3.63) is 60.1 Å². The fourth-order valence-corrected chi connectivity index (χ4v) is 2.75. The largest absolute Gasteiger partial charge is 0.474 e. The number of likely N-dealkylation sites (N-methyl/N-ethyl adjacent to an activating group) is 1. The highest BCUT2D eigenvalue weighted by Gasteiger charge is 2.24. The monoisotopic (exact) mass is 384 g/mol. The van der Waals surface area contributed by atoms with Gasteiger partial charge in [0.05, 0.1) is 42.1 Å². The predicted molar refractivity (Wildman–Crippen MR) is 99.8 cm³/mol. The Kier molecular flexibility index (Phi) is 5.93. The smallest absolute Gasteiger partial charge is 0.256 e. The van der Waals surface area contributed by atoms with Crippen LogP contribution in [0.5, 0.6) is 5.88 Å². The van der Waals surface area contributed by atoms with Crippen molar-refractivity contribution in [3.63, 3.8) is 0 Å². The van der Waals surface area contributed by atoms with Crippen molar-refractivity contribution in [2.45, 2.75) is 26.8 Å². The number of ether oxygens (including phenoxy) is 1. The number of carbonyl (C=O) groups excluding carboxylic acids is 1. The maximum absolute atomic E-state index is 13.8. The van der Waals surface area contributed by atoms with Gasteiger partial charge in [0.1, 0.15) is 18.1 Å². The lowest BCUT2D eigenvalue weighted by Crippen LogP contribution is -2.42. The first-order valence-electron chi connectivity index (χ1n) is 8.88. The van der Waals surface area contributed by atoms with Crippen molar-refractivity contribution >= 4 is 5.91 Å². The molecule has 8 nitrogen and oxygen atoms in total. The summed E-state index contributed by atoms with van der Waals surface area (Å²) < 4.78 is 19.4. The summed E-state index contributed by atoms with van der Waals surface area (Å²) in [6, 6.07) is 3.68. The predicted octanol–water partition coefficient (Wildman–Crippen LogP) is 2.43. The van der Waals surface area contributed by atoms with Gasteiger partial charge in [-0.05, 0) is 32.9 Å². The van der Waals surface area contributed by atoms with Crippen LogP contribution in [0.2, 0.25) is 0 Å². The maximum atomic E-state index is 13.8. The van der Waals surface area contributed by atoms with Gasteiger partial charge in [-0.25, -0.2) is 9.37 Å². The molecule has 1 atom stereocenters. The SMILES string of the molecule is CCN(C(=O)c1ccc(F)cc1-n1nccn1)[C@@H](C)COc1cnc(C)cn1. The van der Waals surface area contributed by atoms with E-state index in [-0.39, 0.29) is 24.2 Å². The molecule has 0 aliphatic carbocycles. The molecule has 0 unspecified atom stereocenters. The average molecular weight is 384 g/mol. The fraction of sp³-hybridized carbons (Fsp3) is 0.316. The maximum Gasteiger partial charge on any atom is 0.256 e. The normalized spacial score (nSPS) is 11.9. The van der Waals surface area contributed by atoms with Gasteiger partial charge in [-0.3, -0.25) is 9.78 Å². The third-order valence-corrected chi connectivity index (χ3v) is 4.19. The molecule has 0 fully saturated rings. The van der Waals surface area contributed by atoms with Gasteiger partial charge in [-0.2, -0.15) is 15.0 Å². The van der Waals surface area contributed by atoms with Gasteiger partial charge in [0.2, 0.25) is 5.88 Å². The van der Waals surface area contributed by atoms with E-state index in [4.69, 9.17) is 4.74 Å². The number of halogens is 1. The Balaban J connectivity index is 1.78. The molecule has 1 amide bonds. The highest BCUT2D eigenvalue weighted by Crippen LogP contribution is 2.18. The zero-order chi connectivity index (χ0) is 20.1. The molecule has 0 radical (unpaired) electrons. The molecule has 0 saturated heterocycles. The number of carbonyl (C=O) groups is 1. The lowest BCUT2D eigenvalue weighted by molar-refractivity contribution is 0.0646. The second kappa shape index (κ2) is 8.55. The number of hydrogen-bond acceptors (Lipinski definition) is 6. The van der Waals surface area contributed by atoms with E-state index >= 15 is 0 Å². The van der Waals surface area contributed by atoms with Crippen LogP contribution in [0.4, 0.5) is 4.39 Å². The van der Waals surface area contributed by atoms with E-state index in [0.29, 0.717) is 18.0 Å². The number of nitrogens with zero attached hydrogens (tertiary/aromatic N) is 6. The van der Waals surface area contributed by atoms with Gasteiger partial charge in [-0.15, -0.1) is 0 Å². The van der Waals surface area contributed by atoms with Crippen LogP contribution in [-0.2, 0) is 0 Å². The Hall–Kier alpha value is -3.36. The van der Waals surface area contributed by atoms with Crippen LogP contribution in [-0.4, -0.2) is 55.0 Å². The summed E-state index contributed by atoms with van der Waals surface area (Å²) in [6.45, 7) is 6.28. The molecule has 0 spiro atoms. The van der Waals surface area contributed by atoms with Crippen molar-refractivity contribution in [1.29, 1.82) is 0 Å². The quantitative estimate of drug-likeness (QED) is 0.622. The van der Waals surface area contributed by atoms with Crippen LogP contribution < -0.4 is 4.74 Å². The van der Waals surface area contributed by atoms with Crippen LogP contribution in [0.1, 0.15) is 29.9 Å². The molecule has 146 valence electrons. The van der Waals surface area contributed by atoms with E-state index in [1.165, 1.54) is 35.4 Å². The summed E-state index contributed by atoms with van der Waals surface area (Å²) in [4.78, 5) is 24.3. The Bertz CT molecular complexity index is 930. The van der Waals surface area contributed by atoms with Crippen molar-refractivity contribution < 1.29 is 13.9 Å². The summed E-state index contributed by atoms with van der Waals surface area (Å²) in [5, 5.41) is 8.02. The Morgan fingerprint density at radius 1 is 1.25 bits per heavy atom. The van der Waals surface area contributed by atoms with Crippen LogP contribution in [0, 0.1) is 12.7 Å². The molecule has 28 heavy (non-hydrogen) atoms. The molecule has 3 rings (SSSR count). The summed E-state index contributed by atoms with van der Waals surface area (Å²) in [7, 11) is 0. The van der Waals surface area contributed by atoms with Crippen molar-refractivity contribution in [2.75, 3.05) is 13.2 Å². The molecule has 3 aromatic rings. The summed E-state index contributed by atoms with van der Waals surface area (Å²) in [5.74, 6) is -0.341. The van der Waals surface area contributed by atoms with Crippen LogP contribution in [0.3, 0.4) is 0 Å². The molecule has 2 heterocycles. The topological polar surface area (TPSA) is 86.0 Å². The van der Waals surface area contributed by atoms with E-state index in [2.05, 4.69) is 20.2 Å². The lowest BCUT2D eigenvalue weighted by atomic mass is 10.1. The second-order valence-corrected chi connectivity index (χ2v) is 6.23. The van der Waals surface area contributed by atoms with Gasteiger partial charge in [-0.1, -0.05) is 0 Å². The Morgan fingerprint density at radius 2 is 2.00 bits per heavy atom. The second-order valence-electron chi connectivity index (χ2n) is 6.23. The van der Waals surface area contributed by atoms with E-state index in [1.807, 2.05) is 20.8 Å². The molecular formula is C19H21FN6O2. The third-order valence-electron chi connectivity index (χ3n) is 4.19. The summed E-state index contributed by atoms with van der Waals surface area (Å²) >= 11 is 0.